The first-order chi connectivity index (χ1) is 10.3. The molecule has 0 unspecified atom stereocenters. The fraction of sp³-hybridized carbons (Fsp3) is 0.944. The van der Waals surface area contributed by atoms with E-state index in [0.717, 1.165) is 25.8 Å². The van der Waals surface area contributed by atoms with Gasteiger partial charge in [0.05, 0.1) is 6.61 Å². The summed E-state index contributed by atoms with van der Waals surface area (Å²) in [5.41, 5.74) is 0. The van der Waals surface area contributed by atoms with Crippen molar-refractivity contribution in [1.82, 2.24) is 5.32 Å². The zero-order valence-corrected chi connectivity index (χ0v) is 14.4. The third-order valence-corrected chi connectivity index (χ3v) is 3.82. The second-order valence-electron chi connectivity index (χ2n) is 5.96. The maximum absolute atomic E-state index is 11.5. The summed E-state index contributed by atoms with van der Waals surface area (Å²) in [6.45, 7) is 3.96. The molecular formula is C18H37NO2. The highest BCUT2D eigenvalue weighted by Gasteiger charge is 2.02. The third kappa shape index (κ3) is 17.4. The smallest absolute Gasteiger partial charge is 0.305 e. The standard InChI is InChI=1S/C18H37NO2/c1-3-4-5-6-11-14-17-21-18(20)15-12-9-7-8-10-13-16-19-2/h19H,3-17H2,1-2H3. The molecule has 0 aliphatic rings. The second-order valence-corrected chi connectivity index (χ2v) is 5.96. The number of ether oxygens (including phenoxy) is 1. The fourth-order valence-electron chi connectivity index (χ4n) is 2.42. The fourth-order valence-corrected chi connectivity index (χ4v) is 2.42. The molecule has 0 saturated heterocycles. The number of hydrogen-bond acceptors (Lipinski definition) is 3. The van der Waals surface area contributed by atoms with Gasteiger partial charge in [-0.1, -0.05) is 64.7 Å². The van der Waals surface area contributed by atoms with Crippen LogP contribution in [0.3, 0.4) is 0 Å². The summed E-state index contributed by atoms with van der Waals surface area (Å²) in [6, 6.07) is 0. The molecular weight excluding hydrogens is 262 g/mol. The van der Waals surface area contributed by atoms with E-state index in [-0.39, 0.29) is 5.97 Å². The Morgan fingerprint density at radius 2 is 1.38 bits per heavy atom. The van der Waals surface area contributed by atoms with Gasteiger partial charge in [0, 0.05) is 6.42 Å². The summed E-state index contributed by atoms with van der Waals surface area (Å²) in [7, 11) is 2.00. The van der Waals surface area contributed by atoms with E-state index in [1.807, 2.05) is 7.05 Å². The van der Waals surface area contributed by atoms with Crippen LogP contribution in [0.1, 0.15) is 90.4 Å². The van der Waals surface area contributed by atoms with Crippen LogP contribution in [0.2, 0.25) is 0 Å². The molecule has 0 aromatic carbocycles. The molecule has 0 aliphatic carbocycles. The summed E-state index contributed by atoms with van der Waals surface area (Å²) < 4.78 is 5.26. The molecule has 0 saturated carbocycles. The number of rotatable bonds is 16. The molecule has 0 bridgehead atoms. The minimum absolute atomic E-state index is 0.00117. The first-order valence-electron chi connectivity index (χ1n) is 9.11. The van der Waals surface area contributed by atoms with Crippen LogP contribution < -0.4 is 5.32 Å². The largest absolute Gasteiger partial charge is 0.466 e. The van der Waals surface area contributed by atoms with Gasteiger partial charge in [-0.05, 0) is 32.9 Å². The van der Waals surface area contributed by atoms with Crippen molar-refractivity contribution in [2.24, 2.45) is 0 Å². The Balaban J connectivity index is 3.13. The minimum atomic E-state index is -0.00117. The summed E-state index contributed by atoms with van der Waals surface area (Å²) >= 11 is 0. The van der Waals surface area contributed by atoms with Gasteiger partial charge in [0.25, 0.3) is 0 Å². The van der Waals surface area contributed by atoms with Gasteiger partial charge in [-0.3, -0.25) is 4.79 Å². The molecule has 0 aromatic heterocycles. The minimum Gasteiger partial charge on any atom is -0.466 e. The van der Waals surface area contributed by atoms with E-state index in [1.165, 1.54) is 57.8 Å². The lowest BCUT2D eigenvalue weighted by atomic mass is 10.1. The average Bonchev–Trinajstić information content (AvgIpc) is 2.49. The maximum atomic E-state index is 11.5. The molecule has 0 fully saturated rings. The number of esters is 1. The lowest BCUT2D eigenvalue weighted by molar-refractivity contribution is -0.143. The lowest BCUT2D eigenvalue weighted by Crippen LogP contribution is -2.07. The topological polar surface area (TPSA) is 38.3 Å². The van der Waals surface area contributed by atoms with Gasteiger partial charge in [0.1, 0.15) is 0 Å². The number of carbonyl (C=O) groups excluding carboxylic acids is 1. The van der Waals surface area contributed by atoms with Crippen molar-refractivity contribution >= 4 is 5.97 Å². The summed E-state index contributed by atoms with van der Waals surface area (Å²) in [4.78, 5) is 11.5. The van der Waals surface area contributed by atoms with Crippen LogP contribution in [0.15, 0.2) is 0 Å². The number of nitrogens with one attached hydrogen (secondary N) is 1. The van der Waals surface area contributed by atoms with Crippen molar-refractivity contribution in [3.05, 3.63) is 0 Å². The van der Waals surface area contributed by atoms with E-state index < -0.39 is 0 Å². The van der Waals surface area contributed by atoms with Gasteiger partial charge in [0.15, 0.2) is 0 Å². The summed E-state index contributed by atoms with van der Waals surface area (Å²) in [5, 5.41) is 3.16. The second kappa shape index (κ2) is 17.5. The Kier molecular flexibility index (Phi) is 17.0. The Bertz CT molecular complexity index is 219. The maximum Gasteiger partial charge on any atom is 0.305 e. The van der Waals surface area contributed by atoms with E-state index in [9.17, 15) is 4.79 Å². The van der Waals surface area contributed by atoms with Crippen molar-refractivity contribution in [1.29, 1.82) is 0 Å². The first kappa shape index (κ1) is 20.4. The van der Waals surface area contributed by atoms with Crippen molar-refractivity contribution in [3.63, 3.8) is 0 Å². The summed E-state index contributed by atoms with van der Waals surface area (Å²) in [6.07, 6.45) is 15.3. The number of carbonyl (C=O) groups is 1. The number of hydrogen-bond donors (Lipinski definition) is 1. The zero-order chi connectivity index (χ0) is 15.6. The molecule has 0 heterocycles. The highest BCUT2D eigenvalue weighted by atomic mass is 16.5. The Hall–Kier alpha value is -0.570. The van der Waals surface area contributed by atoms with Gasteiger partial charge in [0.2, 0.25) is 0 Å². The highest BCUT2D eigenvalue weighted by molar-refractivity contribution is 5.69. The molecule has 1 N–H and O–H groups in total. The van der Waals surface area contributed by atoms with Crippen LogP contribution in [0, 0.1) is 0 Å². The van der Waals surface area contributed by atoms with Crippen molar-refractivity contribution < 1.29 is 9.53 Å². The predicted octanol–water partition coefficient (Wildman–Crippen LogP) is 4.84. The molecule has 0 radical (unpaired) electrons. The van der Waals surface area contributed by atoms with Gasteiger partial charge < -0.3 is 10.1 Å². The Labute approximate surface area is 132 Å². The van der Waals surface area contributed by atoms with E-state index in [0.29, 0.717) is 13.0 Å². The third-order valence-electron chi connectivity index (χ3n) is 3.82. The lowest BCUT2D eigenvalue weighted by Gasteiger charge is -2.05. The predicted molar refractivity (Wildman–Crippen MR) is 90.6 cm³/mol. The van der Waals surface area contributed by atoms with Crippen molar-refractivity contribution in [2.45, 2.75) is 90.4 Å². The molecule has 21 heavy (non-hydrogen) atoms. The normalized spacial score (nSPS) is 10.8. The van der Waals surface area contributed by atoms with E-state index in [2.05, 4.69) is 12.2 Å². The quantitative estimate of drug-likeness (QED) is 0.327. The summed E-state index contributed by atoms with van der Waals surface area (Å²) in [5.74, 6) is -0.00117. The van der Waals surface area contributed by atoms with Gasteiger partial charge in [-0.2, -0.15) is 0 Å². The molecule has 0 aromatic rings. The van der Waals surface area contributed by atoms with Crippen LogP contribution >= 0.6 is 0 Å². The Morgan fingerprint density at radius 1 is 0.810 bits per heavy atom. The molecule has 3 nitrogen and oxygen atoms in total. The SMILES string of the molecule is CCCCCCCCOC(=O)CCCCCCCCNC. The van der Waals surface area contributed by atoms with Crippen molar-refractivity contribution in [3.8, 4) is 0 Å². The first-order valence-corrected chi connectivity index (χ1v) is 9.11. The zero-order valence-electron chi connectivity index (χ0n) is 14.4. The van der Waals surface area contributed by atoms with Crippen molar-refractivity contribution in [2.75, 3.05) is 20.2 Å². The van der Waals surface area contributed by atoms with E-state index in [4.69, 9.17) is 4.74 Å². The molecule has 0 amide bonds. The average molecular weight is 299 g/mol. The molecule has 0 spiro atoms. The van der Waals surface area contributed by atoms with Gasteiger partial charge in [-0.15, -0.1) is 0 Å². The Morgan fingerprint density at radius 3 is 2.05 bits per heavy atom. The number of unbranched alkanes of at least 4 members (excludes halogenated alkanes) is 10. The van der Waals surface area contributed by atoms with Gasteiger partial charge in [-0.25, -0.2) is 0 Å². The van der Waals surface area contributed by atoms with Crippen LogP contribution in [0.4, 0.5) is 0 Å². The van der Waals surface area contributed by atoms with E-state index >= 15 is 0 Å². The van der Waals surface area contributed by atoms with E-state index in [1.54, 1.807) is 0 Å². The molecule has 3 heteroatoms. The van der Waals surface area contributed by atoms with Gasteiger partial charge >= 0.3 is 5.97 Å². The molecule has 0 atom stereocenters. The van der Waals surface area contributed by atoms with Crippen LogP contribution in [-0.4, -0.2) is 26.2 Å². The monoisotopic (exact) mass is 299 g/mol. The molecule has 126 valence electrons. The van der Waals surface area contributed by atoms with Crippen LogP contribution in [0.25, 0.3) is 0 Å². The van der Waals surface area contributed by atoms with Crippen LogP contribution in [-0.2, 0) is 9.53 Å². The molecule has 0 rings (SSSR count). The van der Waals surface area contributed by atoms with Crippen LogP contribution in [0.5, 0.6) is 0 Å². The molecule has 0 aliphatic heterocycles. The highest BCUT2D eigenvalue weighted by Crippen LogP contribution is 2.08.